The quantitative estimate of drug-likeness (QED) is 0.298. The molecule has 4 aromatic rings. The van der Waals surface area contributed by atoms with E-state index in [1.54, 1.807) is 26.6 Å². The van der Waals surface area contributed by atoms with Crippen LogP contribution in [0, 0.1) is 0 Å². The topological polar surface area (TPSA) is 85.6 Å². The Labute approximate surface area is 230 Å². The van der Waals surface area contributed by atoms with Crippen LogP contribution in [0.2, 0.25) is 5.02 Å². The summed E-state index contributed by atoms with van der Waals surface area (Å²) in [4.78, 5) is 21.4. The first kappa shape index (κ1) is 25.9. The van der Waals surface area contributed by atoms with Gasteiger partial charge in [0.2, 0.25) is 5.91 Å². The molecule has 38 heavy (non-hydrogen) atoms. The molecule has 2 aromatic carbocycles. The van der Waals surface area contributed by atoms with Crippen molar-refractivity contribution in [2.24, 2.45) is 0 Å². The van der Waals surface area contributed by atoms with E-state index >= 15 is 0 Å². The molecule has 5 rings (SSSR count). The first-order chi connectivity index (χ1) is 18.6. The van der Waals surface area contributed by atoms with Gasteiger partial charge in [0.1, 0.15) is 11.5 Å². The van der Waals surface area contributed by atoms with Gasteiger partial charge in [-0.3, -0.25) is 14.3 Å². The van der Waals surface area contributed by atoms with Gasteiger partial charge in [-0.1, -0.05) is 29.4 Å². The van der Waals surface area contributed by atoms with Crippen LogP contribution in [0.5, 0.6) is 11.5 Å². The van der Waals surface area contributed by atoms with Crippen molar-refractivity contribution >= 4 is 35.0 Å². The number of pyridine rings is 1. The van der Waals surface area contributed by atoms with Crippen molar-refractivity contribution in [3.05, 3.63) is 72.0 Å². The summed E-state index contributed by atoms with van der Waals surface area (Å²) in [5, 5.41) is 10.2. The standard InChI is InChI=1S/C27H27ClN6O3S/c1-36-22-6-7-24(37-2)23(17-22)34-26(19-8-10-29-11-9-19)30-31-27(34)38-18-25(35)33-14-12-32(13-15-33)21-5-3-4-20(28)16-21/h3-11,16-17H,12-15,18H2,1-2H3. The molecule has 0 saturated carbocycles. The molecule has 1 aliphatic heterocycles. The van der Waals surface area contributed by atoms with E-state index in [-0.39, 0.29) is 11.7 Å². The summed E-state index contributed by atoms with van der Waals surface area (Å²) in [6.45, 7) is 2.79. The maximum Gasteiger partial charge on any atom is 0.233 e. The van der Waals surface area contributed by atoms with Gasteiger partial charge in [-0.2, -0.15) is 0 Å². The fourth-order valence-electron chi connectivity index (χ4n) is 4.34. The molecule has 0 spiro atoms. The molecular weight excluding hydrogens is 524 g/mol. The molecule has 0 atom stereocenters. The number of anilines is 1. The minimum atomic E-state index is 0.0540. The molecule has 1 saturated heterocycles. The van der Waals surface area contributed by atoms with Gasteiger partial charge in [0.05, 0.1) is 25.7 Å². The van der Waals surface area contributed by atoms with Crippen LogP contribution in [0.15, 0.2) is 72.1 Å². The number of piperazine rings is 1. The third-order valence-corrected chi connectivity index (χ3v) is 7.48. The number of nitrogens with zero attached hydrogens (tertiary/aromatic N) is 6. The number of rotatable bonds is 8. The summed E-state index contributed by atoms with van der Waals surface area (Å²) >= 11 is 7.50. The molecular formula is C27H27ClN6O3S. The van der Waals surface area contributed by atoms with Crippen molar-refractivity contribution in [1.29, 1.82) is 0 Å². The fraction of sp³-hybridized carbons (Fsp3) is 0.259. The predicted molar refractivity (Wildman–Crippen MR) is 149 cm³/mol. The zero-order valence-electron chi connectivity index (χ0n) is 21.1. The van der Waals surface area contributed by atoms with Crippen LogP contribution in [0.25, 0.3) is 17.1 Å². The van der Waals surface area contributed by atoms with Crippen molar-refractivity contribution in [3.8, 4) is 28.6 Å². The number of hydrogen-bond donors (Lipinski definition) is 0. The second kappa shape index (κ2) is 11.7. The average molecular weight is 551 g/mol. The molecule has 1 fully saturated rings. The van der Waals surface area contributed by atoms with Gasteiger partial charge in [0.15, 0.2) is 11.0 Å². The summed E-state index contributed by atoms with van der Waals surface area (Å²) in [6, 6.07) is 17.1. The van der Waals surface area contributed by atoms with Crippen molar-refractivity contribution in [1.82, 2.24) is 24.6 Å². The molecule has 0 aliphatic carbocycles. The van der Waals surface area contributed by atoms with Gasteiger partial charge in [-0.25, -0.2) is 0 Å². The van der Waals surface area contributed by atoms with E-state index < -0.39 is 0 Å². The molecule has 1 aliphatic rings. The first-order valence-electron chi connectivity index (χ1n) is 12.1. The summed E-state index contributed by atoms with van der Waals surface area (Å²) < 4.78 is 13.0. The number of amides is 1. The lowest BCUT2D eigenvalue weighted by Crippen LogP contribution is -2.49. The van der Waals surface area contributed by atoms with Gasteiger partial charge in [-0.05, 0) is 42.5 Å². The lowest BCUT2D eigenvalue weighted by atomic mass is 10.2. The Hall–Kier alpha value is -3.76. The molecule has 0 radical (unpaired) electrons. The highest BCUT2D eigenvalue weighted by molar-refractivity contribution is 7.99. The highest BCUT2D eigenvalue weighted by Crippen LogP contribution is 2.35. The molecule has 0 N–H and O–H groups in total. The number of carbonyl (C=O) groups excluding carboxylic acids is 1. The maximum absolute atomic E-state index is 13.2. The van der Waals surface area contributed by atoms with E-state index in [9.17, 15) is 4.79 Å². The lowest BCUT2D eigenvalue weighted by molar-refractivity contribution is -0.128. The van der Waals surface area contributed by atoms with Gasteiger partial charge in [-0.15, -0.1) is 10.2 Å². The smallest absolute Gasteiger partial charge is 0.233 e. The Morgan fingerprint density at radius 1 is 0.974 bits per heavy atom. The molecule has 0 bridgehead atoms. The maximum atomic E-state index is 13.2. The highest BCUT2D eigenvalue weighted by Gasteiger charge is 2.24. The monoisotopic (exact) mass is 550 g/mol. The van der Waals surface area contributed by atoms with Crippen LogP contribution >= 0.6 is 23.4 Å². The minimum Gasteiger partial charge on any atom is -0.497 e. The normalized spacial score (nSPS) is 13.4. The third kappa shape index (κ3) is 5.56. The Balaban J connectivity index is 1.35. The molecule has 11 heteroatoms. The van der Waals surface area contributed by atoms with Gasteiger partial charge >= 0.3 is 0 Å². The van der Waals surface area contributed by atoms with E-state index in [0.29, 0.717) is 46.3 Å². The molecule has 0 unspecified atom stereocenters. The molecule has 1 amide bonds. The van der Waals surface area contributed by atoms with Gasteiger partial charge in [0.25, 0.3) is 0 Å². The van der Waals surface area contributed by atoms with Crippen molar-refractivity contribution in [3.63, 3.8) is 0 Å². The Morgan fingerprint density at radius 3 is 2.47 bits per heavy atom. The number of carbonyl (C=O) groups is 1. The molecule has 9 nitrogen and oxygen atoms in total. The number of hydrogen-bond acceptors (Lipinski definition) is 8. The number of aromatic nitrogens is 4. The summed E-state index contributed by atoms with van der Waals surface area (Å²) in [7, 11) is 3.23. The number of halogens is 1. The van der Waals surface area contributed by atoms with E-state index in [0.717, 1.165) is 24.3 Å². The van der Waals surface area contributed by atoms with Crippen molar-refractivity contribution in [2.75, 3.05) is 51.1 Å². The Bertz CT molecular complexity index is 1410. The van der Waals surface area contributed by atoms with Gasteiger partial charge < -0.3 is 19.3 Å². The van der Waals surface area contributed by atoms with Crippen LogP contribution in [-0.4, -0.2) is 76.7 Å². The zero-order chi connectivity index (χ0) is 26.5. The molecule has 196 valence electrons. The largest absolute Gasteiger partial charge is 0.497 e. The SMILES string of the molecule is COc1ccc(OC)c(-n2c(SCC(=O)N3CCN(c4cccc(Cl)c4)CC3)nnc2-c2ccncc2)c1. The van der Waals surface area contributed by atoms with E-state index in [4.69, 9.17) is 21.1 Å². The van der Waals surface area contributed by atoms with Crippen LogP contribution in [0.1, 0.15) is 0 Å². The van der Waals surface area contributed by atoms with Crippen LogP contribution in [-0.2, 0) is 4.79 Å². The van der Waals surface area contributed by atoms with Gasteiger partial charge in [0, 0.05) is 60.9 Å². The Morgan fingerprint density at radius 2 is 1.76 bits per heavy atom. The minimum absolute atomic E-state index is 0.0540. The van der Waals surface area contributed by atoms with Crippen LogP contribution < -0.4 is 14.4 Å². The Kier molecular flexibility index (Phi) is 8.00. The number of thioether (sulfide) groups is 1. The van der Waals surface area contributed by atoms with E-state index in [2.05, 4.69) is 20.1 Å². The zero-order valence-corrected chi connectivity index (χ0v) is 22.7. The van der Waals surface area contributed by atoms with E-state index in [1.807, 2.05) is 64.1 Å². The molecule has 2 aromatic heterocycles. The van der Waals surface area contributed by atoms with E-state index in [1.165, 1.54) is 11.8 Å². The average Bonchev–Trinajstić information content (AvgIpc) is 3.40. The number of benzene rings is 2. The number of methoxy groups -OCH3 is 2. The summed E-state index contributed by atoms with van der Waals surface area (Å²) in [5.41, 5.74) is 2.63. The summed E-state index contributed by atoms with van der Waals surface area (Å²) in [5.74, 6) is 2.20. The second-order valence-corrected chi connectivity index (χ2v) is 9.93. The number of ether oxygens (including phenoxy) is 2. The van der Waals surface area contributed by atoms with Crippen LogP contribution in [0.3, 0.4) is 0 Å². The van der Waals surface area contributed by atoms with Crippen molar-refractivity contribution < 1.29 is 14.3 Å². The first-order valence-corrected chi connectivity index (χ1v) is 13.4. The summed E-state index contributed by atoms with van der Waals surface area (Å²) in [6.07, 6.45) is 3.41. The molecule has 3 heterocycles. The van der Waals surface area contributed by atoms with Crippen LogP contribution in [0.4, 0.5) is 5.69 Å². The van der Waals surface area contributed by atoms with Crippen molar-refractivity contribution in [2.45, 2.75) is 5.16 Å². The predicted octanol–water partition coefficient (Wildman–Crippen LogP) is 4.44. The highest BCUT2D eigenvalue weighted by atomic mass is 35.5. The fourth-order valence-corrected chi connectivity index (χ4v) is 5.38. The second-order valence-electron chi connectivity index (χ2n) is 8.55. The lowest BCUT2D eigenvalue weighted by Gasteiger charge is -2.36. The third-order valence-electron chi connectivity index (χ3n) is 6.33.